The van der Waals surface area contributed by atoms with Crippen LogP contribution in [-0.2, 0) is 0 Å². The molecule has 0 aliphatic carbocycles. The number of carbonyl (C=O) groups is 2. The molecule has 0 amide bonds. The molecule has 1 aromatic rings. The monoisotopic (exact) mass is 250 g/mol. The van der Waals surface area contributed by atoms with Crippen LogP contribution in [0, 0.1) is 20.8 Å². The molecule has 0 bridgehead atoms. The third kappa shape index (κ3) is 1.95. The normalized spacial score (nSPS) is 10.2. The van der Waals surface area contributed by atoms with E-state index in [0.717, 1.165) is 0 Å². The van der Waals surface area contributed by atoms with Crippen molar-refractivity contribution in [1.29, 1.82) is 0 Å². The fourth-order valence-corrected chi connectivity index (χ4v) is 2.29. The smallest absolute Gasteiger partial charge is 0.336 e. The number of rotatable bonds is 3. The van der Waals surface area contributed by atoms with E-state index in [0.29, 0.717) is 11.1 Å². The van der Waals surface area contributed by atoms with Crippen LogP contribution in [0.1, 0.15) is 43.0 Å². The maximum Gasteiger partial charge on any atom is 0.336 e. The summed E-state index contributed by atoms with van der Waals surface area (Å²) in [5.41, 5.74) is 0.766. The van der Waals surface area contributed by atoms with Gasteiger partial charge < -0.3 is 15.3 Å². The summed E-state index contributed by atoms with van der Waals surface area (Å²) >= 11 is 0. The Labute approximate surface area is 104 Å². The standard InChI is InChI=1S/C13H14O5/c1-5-9(8(4)14)6(2)11(13(17)18)7(3)10(5)12(15)16/h14H,4H2,1-3H3,(H,15,16)(H,17,18). The first-order chi connectivity index (χ1) is 8.20. The maximum atomic E-state index is 11.2. The van der Waals surface area contributed by atoms with Gasteiger partial charge in [0.25, 0.3) is 0 Å². The Balaban J connectivity index is 3.94. The van der Waals surface area contributed by atoms with Crippen LogP contribution in [0.5, 0.6) is 0 Å². The van der Waals surface area contributed by atoms with E-state index in [4.69, 9.17) is 10.2 Å². The van der Waals surface area contributed by atoms with Crippen LogP contribution in [-0.4, -0.2) is 27.3 Å². The summed E-state index contributed by atoms with van der Waals surface area (Å²) in [6, 6.07) is 0. The average molecular weight is 250 g/mol. The van der Waals surface area contributed by atoms with Gasteiger partial charge in [0.05, 0.1) is 11.1 Å². The second-order valence-electron chi connectivity index (χ2n) is 4.06. The van der Waals surface area contributed by atoms with Crippen molar-refractivity contribution in [1.82, 2.24) is 0 Å². The molecule has 0 radical (unpaired) electrons. The maximum absolute atomic E-state index is 11.2. The molecule has 3 N–H and O–H groups in total. The molecule has 0 spiro atoms. The number of aromatic carboxylic acids is 2. The molecule has 0 aliphatic rings. The summed E-state index contributed by atoms with van der Waals surface area (Å²) in [6.07, 6.45) is 0. The van der Waals surface area contributed by atoms with E-state index in [-0.39, 0.29) is 28.0 Å². The van der Waals surface area contributed by atoms with Gasteiger partial charge in [-0.3, -0.25) is 0 Å². The highest BCUT2D eigenvalue weighted by Gasteiger charge is 2.25. The molecule has 0 fully saturated rings. The van der Waals surface area contributed by atoms with Crippen molar-refractivity contribution in [2.45, 2.75) is 20.8 Å². The highest BCUT2D eigenvalue weighted by Crippen LogP contribution is 2.30. The first-order valence-electron chi connectivity index (χ1n) is 5.18. The lowest BCUT2D eigenvalue weighted by Crippen LogP contribution is -2.14. The van der Waals surface area contributed by atoms with Crippen molar-refractivity contribution < 1.29 is 24.9 Å². The van der Waals surface area contributed by atoms with E-state index in [1.54, 1.807) is 0 Å². The zero-order valence-corrected chi connectivity index (χ0v) is 10.4. The van der Waals surface area contributed by atoms with Crippen molar-refractivity contribution in [3.8, 4) is 0 Å². The molecule has 96 valence electrons. The first kappa shape index (κ1) is 13.8. The van der Waals surface area contributed by atoms with E-state index in [1.165, 1.54) is 20.8 Å². The van der Waals surface area contributed by atoms with Gasteiger partial charge in [-0.25, -0.2) is 9.59 Å². The van der Waals surface area contributed by atoms with Crippen molar-refractivity contribution in [2.24, 2.45) is 0 Å². The molecule has 1 rings (SSSR count). The minimum absolute atomic E-state index is 0.108. The second-order valence-corrected chi connectivity index (χ2v) is 4.06. The quantitative estimate of drug-likeness (QED) is 0.716. The molecule has 5 nitrogen and oxygen atoms in total. The Morgan fingerprint density at radius 1 is 0.778 bits per heavy atom. The van der Waals surface area contributed by atoms with Gasteiger partial charge in [0.15, 0.2) is 0 Å². The fourth-order valence-electron chi connectivity index (χ4n) is 2.29. The summed E-state index contributed by atoms with van der Waals surface area (Å²) in [6.45, 7) is 7.83. The Hall–Kier alpha value is -2.30. The molecule has 18 heavy (non-hydrogen) atoms. The summed E-state index contributed by atoms with van der Waals surface area (Å²) < 4.78 is 0. The Morgan fingerprint density at radius 3 is 1.28 bits per heavy atom. The van der Waals surface area contributed by atoms with E-state index < -0.39 is 11.9 Å². The molecule has 0 atom stereocenters. The van der Waals surface area contributed by atoms with Crippen LogP contribution in [0.4, 0.5) is 0 Å². The largest absolute Gasteiger partial charge is 0.508 e. The Morgan fingerprint density at radius 2 is 1.06 bits per heavy atom. The van der Waals surface area contributed by atoms with E-state index in [2.05, 4.69) is 6.58 Å². The molecule has 1 aromatic carbocycles. The van der Waals surface area contributed by atoms with Gasteiger partial charge in [0.2, 0.25) is 0 Å². The minimum Gasteiger partial charge on any atom is -0.508 e. The summed E-state index contributed by atoms with van der Waals surface area (Å²) in [5.74, 6) is -2.79. The molecule has 0 heterocycles. The first-order valence-corrected chi connectivity index (χ1v) is 5.18. The van der Waals surface area contributed by atoms with Crippen molar-refractivity contribution in [3.63, 3.8) is 0 Å². The van der Waals surface area contributed by atoms with Gasteiger partial charge in [-0.05, 0) is 37.5 Å². The zero-order chi connectivity index (χ0) is 14.2. The summed E-state index contributed by atoms with van der Waals surface area (Å²) in [4.78, 5) is 22.4. The van der Waals surface area contributed by atoms with Gasteiger partial charge in [-0.2, -0.15) is 0 Å². The third-order valence-corrected chi connectivity index (χ3v) is 2.97. The van der Waals surface area contributed by atoms with Crippen molar-refractivity contribution >= 4 is 17.7 Å². The number of carboxylic acid groups (broad SMARTS) is 2. The average Bonchev–Trinajstić information content (AvgIpc) is 2.14. The zero-order valence-electron chi connectivity index (χ0n) is 10.4. The molecule has 0 aliphatic heterocycles. The van der Waals surface area contributed by atoms with Gasteiger partial charge in [0.1, 0.15) is 5.76 Å². The lowest BCUT2D eigenvalue weighted by atomic mass is 9.87. The molecule has 0 unspecified atom stereocenters. The number of aliphatic hydroxyl groups excluding tert-OH is 1. The molecule has 0 aromatic heterocycles. The Kier molecular flexibility index (Phi) is 3.46. The van der Waals surface area contributed by atoms with Crippen LogP contribution in [0.15, 0.2) is 6.58 Å². The van der Waals surface area contributed by atoms with E-state index in [9.17, 15) is 14.7 Å². The van der Waals surface area contributed by atoms with Crippen molar-refractivity contribution in [2.75, 3.05) is 0 Å². The van der Waals surface area contributed by atoms with Gasteiger partial charge >= 0.3 is 11.9 Å². The lowest BCUT2D eigenvalue weighted by molar-refractivity contribution is 0.0695. The third-order valence-electron chi connectivity index (χ3n) is 2.97. The number of hydrogen-bond donors (Lipinski definition) is 3. The predicted octanol–water partition coefficient (Wildman–Crippen LogP) is 2.54. The molecule has 5 heteroatoms. The molecule has 0 saturated carbocycles. The number of benzene rings is 1. The van der Waals surface area contributed by atoms with Crippen LogP contribution in [0.25, 0.3) is 5.76 Å². The fraction of sp³-hybridized carbons (Fsp3) is 0.231. The van der Waals surface area contributed by atoms with Gasteiger partial charge in [-0.15, -0.1) is 0 Å². The topological polar surface area (TPSA) is 94.8 Å². The SMILES string of the molecule is C=C(O)c1c(C)c(C(=O)O)c(C)c(C(=O)O)c1C. The number of carboxylic acids is 2. The van der Waals surface area contributed by atoms with Crippen LogP contribution >= 0.6 is 0 Å². The molecular weight excluding hydrogens is 236 g/mol. The van der Waals surface area contributed by atoms with Crippen molar-refractivity contribution in [3.05, 3.63) is 40.0 Å². The summed E-state index contributed by atoms with van der Waals surface area (Å²) in [7, 11) is 0. The lowest BCUT2D eigenvalue weighted by Gasteiger charge is -2.17. The highest BCUT2D eigenvalue weighted by molar-refractivity contribution is 6.00. The highest BCUT2D eigenvalue weighted by atomic mass is 16.4. The van der Waals surface area contributed by atoms with Crippen LogP contribution < -0.4 is 0 Å². The van der Waals surface area contributed by atoms with Gasteiger partial charge in [-0.1, -0.05) is 6.58 Å². The van der Waals surface area contributed by atoms with E-state index >= 15 is 0 Å². The van der Waals surface area contributed by atoms with E-state index in [1.807, 2.05) is 0 Å². The van der Waals surface area contributed by atoms with Crippen LogP contribution in [0.2, 0.25) is 0 Å². The Bertz CT molecular complexity index is 467. The molecular formula is C13H14O5. The predicted molar refractivity (Wildman–Crippen MR) is 66.2 cm³/mol. The summed E-state index contributed by atoms with van der Waals surface area (Å²) in [5, 5.41) is 27.8. The number of aliphatic hydroxyl groups is 1. The minimum atomic E-state index is -1.23. The van der Waals surface area contributed by atoms with Crippen LogP contribution in [0.3, 0.4) is 0 Å². The molecule has 0 saturated heterocycles. The van der Waals surface area contributed by atoms with Gasteiger partial charge in [0, 0.05) is 5.56 Å². The second kappa shape index (κ2) is 4.52. The number of hydrogen-bond acceptors (Lipinski definition) is 3.